The van der Waals surface area contributed by atoms with Crippen LogP contribution in [-0.4, -0.2) is 57.3 Å². The van der Waals surface area contributed by atoms with Crippen molar-refractivity contribution in [2.24, 2.45) is 0 Å². The van der Waals surface area contributed by atoms with Gasteiger partial charge < -0.3 is 15.2 Å². The van der Waals surface area contributed by atoms with Crippen LogP contribution in [0.15, 0.2) is 0 Å². The molecule has 0 saturated carbocycles. The van der Waals surface area contributed by atoms with Gasteiger partial charge in [0.2, 0.25) is 5.91 Å². The Balaban J connectivity index is 4.02. The Hall–Kier alpha value is -0.970. The molecule has 5 nitrogen and oxygen atoms in total. The Bertz CT molecular complexity index is 189. The lowest BCUT2D eigenvalue weighted by Gasteiger charge is -2.19. The van der Waals surface area contributed by atoms with Gasteiger partial charge in [-0.2, -0.15) is 0 Å². The Morgan fingerprint density at radius 3 is 2.46 bits per heavy atom. The van der Waals surface area contributed by atoms with E-state index in [1.165, 1.54) is 4.90 Å². The molecule has 0 aromatic carbocycles. The summed E-state index contributed by atoms with van der Waals surface area (Å²) in [5.74, 6) is -1.10. The van der Waals surface area contributed by atoms with E-state index in [0.717, 1.165) is 0 Å². The first kappa shape index (κ1) is 12.0. The second-order valence-corrected chi connectivity index (χ2v) is 2.67. The molecule has 0 aliphatic carbocycles. The molecule has 0 saturated heterocycles. The Morgan fingerprint density at radius 1 is 1.46 bits per heavy atom. The molecular weight excluding hydrogens is 170 g/mol. The number of carboxylic acid groups (broad SMARTS) is 1. The number of nitrogens with zero attached hydrogens (tertiary/aromatic N) is 1. The van der Waals surface area contributed by atoms with E-state index in [-0.39, 0.29) is 12.5 Å². The third kappa shape index (κ3) is 5.30. The number of nitrogens with one attached hydrogen (secondary N) is 1. The Morgan fingerprint density at radius 2 is 2.08 bits per heavy atom. The molecule has 13 heavy (non-hydrogen) atoms. The van der Waals surface area contributed by atoms with Gasteiger partial charge in [-0.1, -0.05) is 0 Å². The summed E-state index contributed by atoms with van der Waals surface area (Å²) in [4.78, 5) is 22.9. The normalized spacial score (nSPS) is 9.54. The molecule has 72 valence electrons. The molecule has 0 fully saturated rings. The summed E-state index contributed by atoms with van der Waals surface area (Å²) in [5.41, 5.74) is 0. The van der Waals surface area contributed by atoms with Crippen LogP contribution in [-0.2, 0) is 9.59 Å². The third-order valence-electron chi connectivity index (χ3n) is 1.61. The maximum absolute atomic E-state index is 11.2. The van der Waals surface area contributed by atoms with Gasteiger partial charge in [-0.3, -0.25) is 9.59 Å². The molecule has 0 bridgehead atoms. The van der Waals surface area contributed by atoms with Gasteiger partial charge in [-0.05, 0) is 6.32 Å². The number of amides is 1. The number of aliphatic carboxylic acids is 1. The van der Waals surface area contributed by atoms with Gasteiger partial charge in [-0.25, -0.2) is 0 Å². The van der Waals surface area contributed by atoms with E-state index in [4.69, 9.17) is 5.11 Å². The zero-order valence-corrected chi connectivity index (χ0v) is 8.04. The SMILES string of the molecule is BCC(=O)N(CCNB)CC(=O)O. The molecule has 0 atom stereocenters. The predicted octanol–water partition coefficient (Wildman–Crippen LogP) is -2.91. The standard InChI is InChI=1S/C6H14B2N2O3/c7-3-5(11)10(2-1-9-8)4-6(12)13/h9H,1-4,7-8H2,(H,12,13). The average Bonchev–Trinajstić information content (AvgIpc) is 2.10. The minimum atomic E-state index is -0.974. The van der Waals surface area contributed by atoms with Gasteiger partial charge >= 0.3 is 5.97 Å². The minimum absolute atomic E-state index is 0.127. The molecule has 0 unspecified atom stereocenters. The number of carbonyl (C=O) groups excluding carboxylic acids is 1. The van der Waals surface area contributed by atoms with Gasteiger partial charge in [0.1, 0.15) is 14.4 Å². The van der Waals surface area contributed by atoms with Crippen molar-refractivity contribution in [3.63, 3.8) is 0 Å². The fourth-order valence-electron chi connectivity index (χ4n) is 0.926. The van der Waals surface area contributed by atoms with Gasteiger partial charge in [0.05, 0.1) is 0 Å². The predicted molar refractivity (Wildman–Crippen MR) is 54.1 cm³/mol. The van der Waals surface area contributed by atoms with E-state index in [0.29, 0.717) is 19.4 Å². The van der Waals surface area contributed by atoms with Crippen LogP contribution in [0.5, 0.6) is 0 Å². The molecule has 7 heteroatoms. The second-order valence-electron chi connectivity index (χ2n) is 2.67. The molecule has 0 rings (SSSR count). The number of hydrogen-bond acceptors (Lipinski definition) is 3. The average molecular weight is 184 g/mol. The Kier molecular flexibility index (Phi) is 6.05. The van der Waals surface area contributed by atoms with Crippen molar-refractivity contribution in [2.45, 2.75) is 6.32 Å². The van der Waals surface area contributed by atoms with Crippen molar-refractivity contribution in [2.75, 3.05) is 19.6 Å². The van der Waals surface area contributed by atoms with E-state index in [2.05, 4.69) is 5.23 Å². The molecule has 0 aliphatic heterocycles. The van der Waals surface area contributed by atoms with Crippen LogP contribution >= 0.6 is 0 Å². The van der Waals surface area contributed by atoms with Crippen LogP contribution in [0.2, 0.25) is 6.32 Å². The lowest BCUT2D eigenvalue weighted by molar-refractivity contribution is -0.143. The number of hydrogen-bond donors (Lipinski definition) is 2. The lowest BCUT2D eigenvalue weighted by Crippen LogP contribution is -2.39. The largest absolute Gasteiger partial charge is 0.480 e. The quantitative estimate of drug-likeness (QED) is 0.434. The molecule has 2 N–H and O–H groups in total. The van der Waals surface area contributed by atoms with Gasteiger partial charge in [-0.15, -0.1) is 0 Å². The topological polar surface area (TPSA) is 69.6 Å². The molecule has 0 radical (unpaired) electrons. The maximum atomic E-state index is 11.2. The smallest absolute Gasteiger partial charge is 0.323 e. The lowest BCUT2D eigenvalue weighted by atomic mass is 10.0. The van der Waals surface area contributed by atoms with E-state index >= 15 is 0 Å². The minimum Gasteiger partial charge on any atom is -0.480 e. The van der Waals surface area contributed by atoms with Crippen molar-refractivity contribution < 1.29 is 14.7 Å². The molecule has 0 heterocycles. The molecule has 1 amide bonds. The summed E-state index contributed by atoms with van der Waals surface area (Å²) in [7, 11) is 3.48. The van der Waals surface area contributed by atoms with Gasteiger partial charge in [0, 0.05) is 13.1 Å². The molecule has 0 aliphatic rings. The number of carbonyl (C=O) groups is 2. The monoisotopic (exact) mass is 184 g/mol. The Labute approximate surface area is 79.3 Å². The second kappa shape index (κ2) is 6.54. The van der Waals surface area contributed by atoms with Crippen LogP contribution in [0.1, 0.15) is 0 Å². The molecular formula is C6H14B2N2O3. The van der Waals surface area contributed by atoms with Gasteiger partial charge in [0.15, 0.2) is 7.98 Å². The first-order valence-electron chi connectivity index (χ1n) is 4.26. The fourth-order valence-corrected chi connectivity index (χ4v) is 0.926. The third-order valence-corrected chi connectivity index (χ3v) is 1.61. The van der Waals surface area contributed by atoms with E-state index in [9.17, 15) is 9.59 Å². The van der Waals surface area contributed by atoms with Crippen LogP contribution < -0.4 is 5.23 Å². The van der Waals surface area contributed by atoms with Crippen molar-refractivity contribution in [1.29, 1.82) is 0 Å². The summed E-state index contributed by atoms with van der Waals surface area (Å²) in [6.45, 7) is 0.836. The summed E-state index contributed by atoms with van der Waals surface area (Å²) in [6, 6.07) is 0. The highest BCUT2D eigenvalue weighted by Gasteiger charge is 2.13. The fraction of sp³-hybridized carbons (Fsp3) is 0.667. The maximum Gasteiger partial charge on any atom is 0.323 e. The summed E-state index contributed by atoms with van der Waals surface area (Å²) < 4.78 is 0. The van der Waals surface area contributed by atoms with Crippen LogP contribution in [0, 0.1) is 0 Å². The summed E-state index contributed by atoms with van der Waals surface area (Å²) in [5, 5.41) is 11.4. The summed E-state index contributed by atoms with van der Waals surface area (Å²) in [6.07, 6.45) is 0.344. The highest BCUT2D eigenvalue weighted by Crippen LogP contribution is 1.92. The van der Waals surface area contributed by atoms with Crippen LogP contribution in [0.25, 0.3) is 0 Å². The van der Waals surface area contributed by atoms with Crippen molar-refractivity contribution in [3.05, 3.63) is 0 Å². The number of carboxylic acids is 1. The van der Waals surface area contributed by atoms with Crippen molar-refractivity contribution in [1.82, 2.24) is 10.1 Å². The van der Waals surface area contributed by atoms with Gasteiger partial charge in [0.25, 0.3) is 0 Å². The van der Waals surface area contributed by atoms with Crippen LogP contribution in [0.4, 0.5) is 0 Å². The first-order chi connectivity index (χ1) is 6.11. The zero-order valence-electron chi connectivity index (χ0n) is 8.04. The summed E-state index contributed by atoms with van der Waals surface area (Å²) >= 11 is 0. The zero-order chi connectivity index (χ0) is 10.3. The molecule has 0 spiro atoms. The van der Waals surface area contributed by atoms with E-state index < -0.39 is 5.97 Å². The van der Waals surface area contributed by atoms with E-state index in [1.54, 1.807) is 15.8 Å². The molecule has 0 aromatic rings. The highest BCUT2D eigenvalue weighted by molar-refractivity contribution is 6.19. The van der Waals surface area contributed by atoms with E-state index in [1.807, 2.05) is 0 Å². The van der Waals surface area contributed by atoms with Crippen molar-refractivity contribution in [3.8, 4) is 0 Å². The van der Waals surface area contributed by atoms with Crippen LogP contribution in [0.3, 0.4) is 0 Å². The highest BCUT2D eigenvalue weighted by atomic mass is 16.4. The first-order valence-corrected chi connectivity index (χ1v) is 4.26. The van der Waals surface area contributed by atoms with Crippen molar-refractivity contribution >= 4 is 27.7 Å². The molecule has 0 aromatic heterocycles. The number of rotatable bonds is 6.